The van der Waals surface area contributed by atoms with Gasteiger partial charge in [-0.3, -0.25) is 4.40 Å². The van der Waals surface area contributed by atoms with Crippen LogP contribution in [0.25, 0.3) is 5.65 Å². The lowest BCUT2D eigenvalue weighted by Crippen LogP contribution is -2.08. The summed E-state index contributed by atoms with van der Waals surface area (Å²) in [5.41, 5.74) is 8.02. The number of hydrogen-bond acceptors (Lipinski definition) is 2. The normalized spacial score (nSPS) is 17.1. The monoisotopic (exact) mass is 187 g/mol. The Balaban J connectivity index is 2.15. The number of nitrogen functional groups attached to an aromatic ring is 1. The number of hydrogen-bond donors (Lipinski definition) is 1. The Hall–Kier alpha value is -1.51. The Morgan fingerprint density at radius 3 is 2.86 bits per heavy atom. The molecule has 0 aliphatic heterocycles. The molecule has 0 saturated heterocycles. The molecule has 1 saturated carbocycles. The molecule has 2 N–H and O–H groups in total. The van der Waals surface area contributed by atoms with Crippen molar-refractivity contribution in [1.29, 1.82) is 0 Å². The van der Waals surface area contributed by atoms with Crippen LogP contribution in [0.15, 0.2) is 24.4 Å². The average Bonchev–Trinajstić information content (AvgIpc) is 2.46. The van der Waals surface area contributed by atoms with E-state index < -0.39 is 0 Å². The molecular weight excluding hydrogens is 174 g/mol. The topological polar surface area (TPSA) is 43.3 Å². The number of rotatable bonds is 1. The molecular formula is C11H13N3. The summed E-state index contributed by atoms with van der Waals surface area (Å²) in [4.78, 5) is 4.58. The van der Waals surface area contributed by atoms with E-state index in [0.29, 0.717) is 5.92 Å². The zero-order chi connectivity index (χ0) is 9.54. The zero-order valence-electron chi connectivity index (χ0n) is 7.98. The minimum atomic E-state index is 0.675. The summed E-state index contributed by atoms with van der Waals surface area (Å²) in [6.07, 6.45) is 5.98. The van der Waals surface area contributed by atoms with E-state index >= 15 is 0 Å². The molecule has 3 heteroatoms. The van der Waals surface area contributed by atoms with Crippen LogP contribution < -0.4 is 5.73 Å². The van der Waals surface area contributed by atoms with Gasteiger partial charge < -0.3 is 5.73 Å². The summed E-state index contributed by atoms with van der Waals surface area (Å²) in [7, 11) is 0. The molecule has 0 amide bonds. The summed E-state index contributed by atoms with van der Waals surface area (Å²) in [6, 6.07) is 5.85. The molecule has 2 aromatic rings. The fourth-order valence-electron chi connectivity index (χ4n) is 1.95. The van der Waals surface area contributed by atoms with E-state index in [0.717, 1.165) is 11.5 Å². The third kappa shape index (κ3) is 1.02. The van der Waals surface area contributed by atoms with Gasteiger partial charge in [0.2, 0.25) is 0 Å². The molecule has 1 aliphatic carbocycles. The lowest BCUT2D eigenvalue weighted by molar-refractivity contribution is 0.412. The van der Waals surface area contributed by atoms with Crippen molar-refractivity contribution in [3.8, 4) is 0 Å². The van der Waals surface area contributed by atoms with Gasteiger partial charge in [-0.2, -0.15) is 0 Å². The number of nitrogens with zero attached hydrogens (tertiary/aromatic N) is 2. The summed E-state index contributed by atoms with van der Waals surface area (Å²) < 4.78 is 1.97. The second kappa shape index (κ2) is 2.74. The third-order valence-corrected chi connectivity index (χ3v) is 3.07. The maximum atomic E-state index is 5.85. The van der Waals surface area contributed by atoms with Gasteiger partial charge >= 0.3 is 0 Å². The predicted octanol–water partition coefficient (Wildman–Crippen LogP) is 2.18. The Morgan fingerprint density at radius 1 is 1.36 bits per heavy atom. The zero-order valence-corrected chi connectivity index (χ0v) is 7.98. The van der Waals surface area contributed by atoms with Crippen LogP contribution in [-0.4, -0.2) is 9.38 Å². The molecule has 0 unspecified atom stereocenters. The van der Waals surface area contributed by atoms with Crippen LogP contribution in [0, 0.1) is 0 Å². The van der Waals surface area contributed by atoms with Crippen molar-refractivity contribution in [2.24, 2.45) is 0 Å². The molecule has 72 valence electrons. The summed E-state index contributed by atoms with van der Waals surface area (Å²) >= 11 is 0. The highest BCUT2D eigenvalue weighted by atomic mass is 15.1. The molecule has 3 rings (SSSR count). The predicted molar refractivity (Wildman–Crippen MR) is 56.2 cm³/mol. The number of anilines is 1. The fourth-order valence-corrected chi connectivity index (χ4v) is 1.95. The molecule has 2 aromatic heterocycles. The van der Waals surface area contributed by atoms with Crippen molar-refractivity contribution in [1.82, 2.24) is 9.38 Å². The van der Waals surface area contributed by atoms with Crippen molar-refractivity contribution in [3.63, 3.8) is 0 Å². The van der Waals surface area contributed by atoms with Crippen LogP contribution in [0.2, 0.25) is 0 Å². The minimum Gasteiger partial charge on any atom is -0.385 e. The van der Waals surface area contributed by atoms with Crippen LogP contribution in [-0.2, 0) is 0 Å². The van der Waals surface area contributed by atoms with Crippen molar-refractivity contribution in [2.75, 3.05) is 5.73 Å². The quantitative estimate of drug-likeness (QED) is 0.743. The Labute approximate surface area is 82.6 Å². The third-order valence-electron chi connectivity index (χ3n) is 3.07. The first-order valence-electron chi connectivity index (χ1n) is 5.08. The Kier molecular flexibility index (Phi) is 1.54. The number of fused-ring (bicyclic) bond motifs is 1. The summed E-state index contributed by atoms with van der Waals surface area (Å²) in [6.45, 7) is 0. The van der Waals surface area contributed by atoms with Gasteiger partial charge in [-0.05, 0) is 25.0 Å². The number of imidazole rings is 1. The van der Waals surface area contributed by atoms with Crippen molar-refractivity contribution in [2.45, 2.75) is 25.2 Å². The van der Waals surface area contributed by atoms with Gasteiger partial charge in [0, 0.05) is 12.1 Å². The molecule has 0 atom stereocenters. The van der Waals surface area contributed by atoms with Gasteiger partial charge in [0.15, 0.2) is 0 Å². The first kappa shape index (κ1) is 7.85. The summed E-state index contributed by atoms with van der Waals surface area (Å²) in [5.74, 6) is 1.44. The Morgan fingerprint density at radius 2 is 2.21 bits per heavy atom. The molecule has 1 fully saturated rings. The summed E-state index contributed by atoms with van der Waals surface area (Å²) in [5, 5.41) is 0. The fraction of sp³-hybridized carbons (Fsp3) is 0.364. The standard InChI is InChI=1S/C11H13N3/c12-10-5-2-6-11-13-9(7-14(10)11)8-3-1-4-8/h2,5-8H,1,3-4,12H2. The first-order valence-corrected chi connectivity index (χ1v) is 5.08. The maximum absolute atomic E-state index is 5.85. The van der Waals surface area contributed by atoms with Gasteiger partial charge in [-0.1, -0.05) is 12.5 Å². The van der Waals surface area contributed by atoms with Crippen molar-refractivity contribution in [3.05, 3.63) is 30.1 Å². The molecule has 0 radical (unpaired) electrons. The van der Waals surface area contributed by atoms with Crippen LogP contribution in [0.4, 0.5) is 5.82 Å². The molecule has 14 heavy (non-hydrogen) atoms. The van der Waals surface area contributed by atoms with Crippen LogP contribution >= 0.6 is 0 Å². The van der Waals surface area contributed by atoms with E-state index in [9.17, 15) is 0 Å². The van der Waals surface area contributed by atoms with E-state index in [1.807, 2.05) is 22.6 Å². The lowest BCUT2D eigenvalue weighted by Gasteiger charge is -2.22. The minimum absolute atomic E-state index is 0.675. The van der Waals surface area contributed by atoms with E-state index in [4.69, 9.17) is 5.73 Å². The van der Waals surface area contributed by atoms with Crippen molar-refractivity contribution < 1.29 is 0 Å². The van der Waals surface area contributed by atoms with E-state index in [1.54, 1.807) is 0 Å². The lowest BCUT2D eigenvalue weighted by atomic mass is 9.83. The number of pyridine rings is 1. The molecule has 0 bridgehead atoms. The maximum Gasteiger partial charge on any atom is 0.138 e. The highest BCUT2D eigenvalue weighted by Gasteiger charge is 2.22. The number of nitrogens with two attached hydrogens (primary N) is 1. The van der Waals surface area contributed by atoms with Gasteiger partial charge in [0.1, 0.15) is 11.5 Å². The SMILES string of the molecule is Nc1cccc2nc(C3CCC3)cn12. The molecule has 3 nitrogen and oxygen atoms in total. The largest absolute Gasteiger partial charge is 0.385 e. The smallest absolute Gasteiger partial charge is 0.138 e. The van der Waals surface area contributed by atoms with Crippen LogP contribution in [0.5, 0.6) is 0 Å². The van der Waals surface area contributed by atoms with Crippen LogP contribution in [0.1, 0.15) is 30.9 Å². The van der Waals surface area contributed by atoms with E-state index in [1.165, 1.54) is 25.0 Å². The number of aromatic nitrogens is 2. The van der Waals surface area contributed by atoms with Gasteiger partial charge in [-0.15, -0.1) is 0 Å². The average molecular weight is 187 g/mol. The molecule has 1 aliphatic rings. The van der Waals surface area contributed by atoms with Gasteiger partial charge in [0.25, 0.3) is 0 Å². The molecule has 0 spiro atoms. The molecule has 0 aromatic carbocycles. The highest BCUT2D eigenvalue weighted by molar-refractivity contribution is 5.49. The van der Waals surface area contributed by atoms with E-state index in [2.05, 4.69) is 11.2 Å². The van der Waals surface area contributed by atoms with Crippen molar-refractivity contribution >= 4 is 11.5 Å². The van der Waals surface area contributed by atoms with Gasteiger partial charge in [0.05, 0.1) is 5.69 Å². The second-order valence-electron chi connectivity index (χ2n) is 3.97. The molecule has 2 heterocycles. The Bertz CT molecular complexity index is 468. The highest BCUT2D eigenvalue weighted by Crippen LogP contribution is 2.35. The van der Waals surface area contributed by atoms with Crippen LogP contribution in [0.3, 0.4) is 0 Å². The van der Waals surface area contributed by atoms with E-state index in [-0.39, 0.29) is 0 Å². The first-order chi connectivity index (χ1) is 6.84. The second-order valence-corrected chi connectivity index (χ2v) is 3.97. The van der Waals surface area contributed by atoms with Gasteiger partial charge in [-0.25, -0.2) is 4.98 Å².